The van der Waals surface area contributed by atoms with Crippen molar-refractivity contribution in [2.24, 2.45) is 0 Å². The number of anilines is 1. The van der Waals surface area contributed by atoms with Crippen molar-refractivity contribution >= 4 is 11.7 Å². The van der Waals surface area contributed by atoms with E-state index in [1.807, 2.05) is 0 Å². The van der Waals surface area contributed by atoms with Gasteiger partial charge in [0.1, 0.15) is 0 Å². The molecule has 0 aliphatic carbocycles. The lowest BCUT2D eigenvalue weighted by molar-refractivity contribution is -0.137. The number of carbonyl (C=O) groups is 1. The van der Waals surface area contributed by atoms with Crippen molar-refractivity contribution in [3.63, 3.8) is 0 Å². The fourth-order valence-corrected chi connectivity index (χ4v) is 2.54. The number of hydrogen-bond acceptors (Lipinski definition) is 4. The van der Waals surface area contributed by atoms with Gasteiger partial charge in [-0.25, -0.2) is 4.98 Å². The molecular formula is C19H17F3N4O2. The molecule has 3 aromatic rings. The topological polar surface area (TPSA) is 80.0 Å². The number of aromatic nitrogens is 3. The molecule has 2 heterocycles. The normalized spacial score (nSPS) is 12.6. The van der Waals surface area contributed by atoms with E-state index in [9.17, 15) is 23.1 Å². The number of imidazole rings is 1. The quantitative estimate of drug-likeness (QED) is 0.697. The smallest absolute Gasteiger partial charge is 0.387 e. The van der Waals surface area contributed by atoms with Crippen LogP contribution < -0.4 is 5.32 Å². The summed E-state index contributed by atoms with van der Waals surface area (Å²) in [5.41, 5.74) is 0.480. The van der Waals surface area contributed by atoms with E-state index in [-0.39, 0.29) is 17.9 Å². The van der Waals surface area contributed by atoms with Crippen LogP contribution in [0.15, 0.2) is 55.1 Å². The Labute approximate surface area is 158 Å². The van der Waals surface area contributed by atoms with Gasteiger partial charge < -0.3 is 15.0 Å². The summed E-state index contributed by atoms with van der Waals surface area (Å²) in [6.07, 6.45) is -0.845. The second-order valence-electron chi connectivity index (χ2n) is 6.23. The lowest BCUT2D eigenvalue weighted by Crippen LogP contribution is -2.13. The van der Waals surface area contributed by atoms with Crippen LogP contribution >= 0.6 is 0 Å². The van der Waals surface area contributed by atoms with Crippen LogP contribution in [0.4, 0.5) is 19.0 Å². The van der Waals surface area contributed by atoms with Crippen LogP contribution in [0.1, 0.15) is 40.2 Å². The van der Waals surface area contributed by atoms with E-state index in [0.717, 1.165) is 12.1 Å². The molecule has 1 unspecified atom stereocenters. The van der Waals surface area contributed by atoms with E-state index in [2.05, 4.69) is 15.3 Å². The molecule has 0 spiro atoms. The second kappa shape index (κ2) is 7.81. The summed E-state index contributed by atoms with van der Waals surface area (Å²) >= 11 is 0. The number of nitrogens with zero attached hydrogens (tertiary/aromatic N) is 3. The Bertz CT molecular complexity index is 966. The summed E-state index contributed by atoms with van der Waals surface area (Å²) in [4.78, 5) is 20.3. The van der Waals surface area contributed by atoms with E-state index in [1.165, 1.54) is 30.9 Å². The van der Waals surface area contributed by atoms with Gasteiger partial charge in [-0.15, -0.1) is 0 Å². The Balaban J connectivity index is 1.66. The molecule has 3 rings (SSSR count). The molecule has 0 saturated heterocycles. The lowest BCUT2D eigenvalue weighted by atomic mass is 10.1. The van der Waals surface area contributed by atoms with E-state index >= 15 is 0 Å². The van der Waals surface area contributed by atoms with Crippen LogP contribution in [0.5, 0.6) is 0 Å². The molecular weight excluding hydrogens is 373 g/mol. The molecule has 0 bridgehead atoms. The number of alkyl halides is 3. The zero-order chi connectivity index (χ0) is 20.3. The van der Waals surface area contributed by atoms with Crippen LogP contribution in [0.3, 0.4) is 0 Å². The van der Waals surface area contributed by atoms with Gasteiger partial charge in [0.2, 0.25) is 0 Å². The van der Waals surface area contributed by atoms with E-state index in [1.54, 1.807) is 23.6 Å². The third-order valence-corrected chi connectivity index (χ3v) is 3.97. The number of halogens is 3. The largest absolute Gasteiger partial charge is 0.416 e. The first kappa shape index (κ1) is 19.6. The first-order valence-corrected chi connectivity index (χ1v) is 8.35. The van der Waals surface area contributed by atoms with E-state index in [0.29, 0.717) is 11.3 Å². The molecule has 146 valence electrons. The van der Waals surface area contributed by atoms with Crippen LogP contribution in [0, 0.1) is 0 Å². The minimum Gasteiger partial charge on any atom is -0.387 e. The first-order valence-electron chi connectivity index (χ1n) is 8.35. The minimum atomic E-state index is -4.40. The predicted molar refractivity (Wildman–Crippen MR) is 95.6 cm³/mol. The summed E-state index contributed by atoms with van der Waals surface area (Å²) < 4.78 is 40.0. The summed E-state index contributed by atoms with van der Waals surface area (Å²) in [6.45, 7) is 1.75. The van der Waals surface area contributed by atoms with Gasteiger partial charge in [0.05, 0.1) is 29.3 Å². The highest BCUT2D eigenvalue weighted by molar-refractivity contribution is 6.03. The maximum atomic E-state index is 12.8. The number of aliphatic hydroxyl groups is 1. The van der Waals surface area contributed by atoms with Crippen molar-refractivity contribution < 1.29 is 23.1 Å². The van der Waals surface area contributed by atoms with Crippen molar-refractivity contribution in [1.29, 1.82) is 0 Å². The maximum Gasteiger partial charge on any atom is 0.416 e. The van der Waals surface area contributed by atoms with Gasteiger partial charge in [-0.2, -0.15) is 13.2 Å². The third kappa shape index (κ3) is 4.74. The number of amides is 1. The number of hydrogen-bond donors (Lipinski definition) is 2. The monoisotopic (exact) mass is 390 g/mol. The first-order chi connectivity index (χ1) is 13.2. The molecule has 1 aromatic carbocycles. The lowest BCUT2D eigenvalue weighted by Gasteiger charge is -2.09. The number of carbonyl (C=O) groups excluding carboxylic acids is 1. The maximum absolute atomic E-state index is 12.8. The van der Waals surface area contributed by atoms with Crippen molar-refractivity contribution in [3.05, 3.63) is 77.5 Å². The Morgan fingerprint density at radius 3 is 2.68 bits per heavy atom. The zero-order valence-electron chi connectivity index (χ0n) is 14.8. The Morgan fingerprint density at radius 2 is 2.04 bits per heavy atom. The summed E-state index contributed by atoms with van der Waals surface area (Å²) in [5, 5.41) is 12.0. The predicted octanol–water partition coefficient (Wildman–Crippen LogP) is 3.65. The fourth-order valence-electron chi connectivity index (χ4n) is 2.54. The van der Waals surface area contributed by atoms with E-state index < -0.39 is 23.8 Å². The van der Waals surface area contributed by atoms with Gasteiger partial charge in [-0.1, -0.05) is 12.1 Å². The highest BCUT2D eigenvalue weighted by atomic mass is 19.4. The average molecular weight is 390 g/mol. The summed E-state index contributed by atoms with van der Waals surface area (Å²) in [5.74, 6) is -0.175. The standard InChI is InChI=1S/C19H17F3N4O2/c1-12(27)16-6-5-14(8-23-16)18(28)25-17-10-26(11-24-17)9-13-3-2-4-15(7-13)19(20,21)22/h2-8,10-12,27H,9H2,1H3,(H,25,28). The molecule has 6 nitrogen and oxygen atoms in total. The van der Waals surface area contributed by atoms with Gasteiger partial charge >= 0.3 is 6.18 Å². The van der Waals surface area contributed by atoms with E-state index in [4.69, 9.17) is 0 Å². The van der Waals surface area contributed by atoms with Crippen molar-refractivity contribution in [3.8, 4) is 0 Å². The average Bonchev–Trinajstić information content (AvgIpc) is 3.08. The Hall–Kier alpha value is -3.20. The molecule has 0 aliphatic heterocycles. The summed E-state index contributed by atoms with van der Waals surface area (Å²) in [7, 11) is 0. The minimum absolute atomic E-state index is 0.178. The van der Waals surface area contributed by atoms with Gasteiger partial charge in [0.25, 0.3) is 5.91 Å². The number of aliphatic hydroxyl groups excluding tert-OH is 1. The second-order valence-corrected chi connectivity index (χ2v) is 6.23. The van der Waals surface area contributed by atoms with Gasteiger partial charge in [-0.05, 0) is 36.8 Å². The highest BCUT2D eigenvalue weighted by Gasteiger charge is 2.30. The van der Waals surface area contributed by atoms with Crippen LogP contribution in [0.25, 0.3) is 0 Å². The molecule has 0 aliphatic rings. The third-order valence-electron chi connectivity index (χ3n) is 3.97. The number of benzene rings is 1. The van der Waals surface area contributed by atoms with Gasteiger partial charge in [-0.3, -0.25) is 9.78 Å². The van der Waals surface area contributed by atoms with Crippen molar-refractivity contribution in [1.82, 2.24) is 14.5 Å². The van der Waals surface area contributed by atoms with Crippen molar-refractivity contribution in [2.45, 2.75) is 25.7 Å². The molecule has 0 saturated carbocycles. The van der Waals surface area contributed by atoms with Gasteiger partial charge in [0.15, 0.2) is 5.82 Å². The number of nitrogens with one attached hydrogen (secondary N) is 1. The van der Waals surface area contributed by atoms with Crippen LogP contribution in [-0.4, -0.2) is 25.5 Å². The van der Waals surface area contributed by atoms with Crippen molar-refractivity contribution in [2.75, 3.05) is 5.32 Å². The summed E-state index contributed by atoms with van der Waals surface area (Å²) in [6, 6.07) is 8.11. The van der Waals surface area contributed by atoms with Crippen LogP contribution in [-0.2, 0) is 12.7 Å². The molecule has 2 aromatic heterocycles. The molecule has 9 heteroatoms. The molecule has 0 radical (unpaired) electrons. The number of rotatable bonds is 5. The number of pyridine rings is 1. The Kier molecular flexibility index (Phi) is 5.46. The molecule has 28 heavy (non-hydrogen) atoms. The van der Waals surface area contributed by atoms with Crippen LogP contribution in [0.2, 0.25) is 0 Å². The fraction of sp³-hybridized carbons (Fsp3) is 0.211. The molecule has 1 amide bonds. The SMILES string of the molecule is CC(O)c1ccc(C(=O)Nc2cn(Cc3cccc(C(F)(F)F)c3)cn2)cn1. The molecule has 2 N–H and O–H groups in total. The molecule has 0 fully saturated rings. The Morgan fingerprint density at radius 1 is 1.25 bits per heavy atom. The zero-order valence-corrected chi connectivity index (χ0v) is 14.8. The highest BCUT2D eigenvalue weighted by Crippen LogP contribution is 2.29. The molecule has 1 atom stereocenters. The van der Waals surface area contributed by atoms with Gasteiger partial charge in [0, 0.05) is 18.9 Å².